The number of para-hydroxylation sites is 1. The summed E-state index contributed by atoms with van der Waals surface area (Å²) in [6.07, 6.45) is 0.345. The third-order valence-electron chi connectivity index (χ3n) is 5.75. The average molecular weight is 528 g/mol. The summed E-state index contributed by atoms with van der Waals surface area (Å²) in [5, 5.41) is 12.4. The highest BCUT2D eigenvalue weighted by molar-refractivity contribution is 8.05. The number of thioether (sulfide) groups is 1. The van der Waals surface area contributed by atoms with Crippen molar-refractivity contribution in [1.82, 2.24) is 0 Å². The first-order chi connectivity index (χ1) is 18.4. The molecule has 2 amide bonds. The predicted molar refractivity (Wildman–Crippen MR) is 146 cm³/mol. The maximum absolute atomic E-state index is 13.6. The van der Waals surface area contributed by atoms with Gasteiger partial charge in [0.15, 0.2) is 0 Å². The van der Waals surface area contributed by atoms with Crippen LogP contribution in [0.5, 0.6) is 5.75 Å². The monoisotopic (exact) mass is 527 g/mol. The van der Waals surface area contributed by atoms with Crippen LogP contribution in [0.3, 0.4) is 0 Å². The van der Waals surface area contributed by atoms with Gasteiger partial charge in [-0.3, -0.25) is 14.5 Å². The molecule has 0 bridgehead atoms. The first-order valence-corrected chi connectivity index (χ1v) is 12.7. The van der Waals surface area contributed by atoms with E-state index in [1.54, 1.807) is 86.8 Å². The quantitative estimate of drug-likeness (QED) is 0.251. The van der Waals surface area contributed by atoms with Crippen LogP contribution < -0.4 is 15.0 Å². The number of carbonyl (C=O) groups excluding carboxylic acids is 3. The molecule has 0 unspecified atom stereocenters. The minimum absolute atomic E-state index is 0.164. The van der Waals surface area contributed by atoms with Gasteiger partial charge in [0, 0.05) is 11.4 Å². The van der Waals surface area contributed by atoms with Crippen molar-refractivity contribution in [2.45, 2.75) is 18.6 Å². The number of nitrogens with one attached hydrogen (secondary N) is 1. The molecule has 0 aromatic heterocycles. The molecule has 1 N–H and O–H groups in total. The van der Waals surface area contributed by atoms with Crippen LogP contribution in [0.4, 0.5) is 11.4 Å². The summed E-state index contributed by atoms with van der Waals surface area (Å²) in [6, 6.07) is 24.5. The molecule has 0 radical (unpaired) electrons. The molecule has 1 aliphatic rings. The molecule has 0 aliphatic carbocycles. The van der Waals surface area contributed by atoms with Crippen LogP contribution in [0.2, 0.25) is 0 Å². The summed E-state index contributed by atoms with van der Waals surface area (Å²) in [6.45, 7) is 2.02. The number of amides is 2. The van der Waals surface area contributed by atoms with Gasteiger partial charge in [0.05, 0.1) is 24.5 Å². The number of hydrogen-bond acceptors (Lipinski definition) is 7. The second-order valence-corrected chi connectivity index (χ2v) is 9.40. The van der Waals surface area contributed by atoms with Gasteiger partial charge in [-0.15, -0.1) is 0 Å². The number of carbonyl (C=O) groups is 3. The maximum Gasteiger partial charge on any atom is 0.338 e. The van der Waals surface area contributed by atoms with Gasteiger partial charge in [-0.1, -0.05) is 42.1 Å². The molecule has 3 aromatic rings. The van der Waals surface area contributed by atoms with Gasteiger partial charge < -0.3 is 14.8 Å². The van der Waals surface area contributed by atoms with Crippen molar-refractivity contribution in [1.29, 1.82) is 5.26 Å². The summed E-state index contributed by atoms with van der Waals surface area (Å²) in [5.41, 5.74) is 2.14. The van der Waals surface area contributed by atoms with Crippen molar-refractivity contribution in [3.8, 4) is 11.8 Å². The molecule has 9 heteroatoms. The first-order valence-electron chi connectivity index (χ1n) is 11.9. The smallest absolute Gasteiger partial charge is 0.338 e. The molecule has 1 fully saturated rings. The summed E-state index contributed by atoms with van der Waals surface area (Å²) < 4.78 is 10.2. The van der Waals surface area contributed by atoms with Crippen LogP contribution in [-0.4, -0.2) is 36.8 Å². The highest BCUT2D eigenvalue weighted by Gasteiger charge is 2.40. The molecule has 38 heavy (non-hydrogen) atoms. The second kappa shape index (κ2) is 12.1. The van der Waals surface area contributed by atoms with Crippen molar-refractivity contribution in [2.75, 3.05) is 23.9 Å². The van der Waals surface area contributed by atoms with Gasteiger partial charge in [0.2, 0.25) is 5.91 Å². The molecule has 4 rings (SSSR count). The molecule has 1 heterocycles. The van der Waals surface area contributed by atoms with E-state index in [2.05, 4.69) is 5.32 Å². The highest BCUT2D eigenvalue weighted by Crippen LogP contribution is 2.42. The van der Waals surface area contributed by atoms with Gasteiger partial charge >= 0.3 is 5.97 Å². The molecule has 8 nitrogen and oxygen atoms in total. The Morgan fingerprint density at radius 2 is 1.71 bits per heavy atom. The molecule has 0 saturated carbocycles. The van der Waals surface area contributed by atoms with Crippen LogP contribution in [0.1, 0.15) is 22.8 Å². The van der Waals surface area contributed by atoms with Gasteiger partial charge in [0.25, 0.3) is 5.91 Å². The van der Waals surface area contributed by atoms with Gasteiger partial charge in [0.1, 0.15) is 22.4 Å². The Hall–Kier alpha value is -4.55. The lowest BCUT2D eigenvalue weighted by Gasteiger charge is -2.18. The normalized spacial score (nSPS) is 16.0. The fourth-order valence-electron chi connectivity index (χ4n) is 3.87. The molecule has 3 aromatic carbocycles. The number of nitriles is 1. The van der Waals surface area contributed by atoms with Crippen molar-refractivity contribution in [2.24, 2.45) is 0 Å². The van der Waals surface area contributed by atoms with Crippen LogP contribution in [0, 0.1) is 11.3 Å². The fourth-order valence-corrected chi connectivity index (χ4v) is 5.18. The van der Waals surface area contributed by atoms with Crippen molar-refractivity contribution < 1.29 is 23.9 Å². The molecule has 1 atom stereocenters. The van der Waals surface area contributed by atoms with E-state index in [1.165, 1.54) is 16.7 Å². The standard InChI is InChI=1S/C29H25N3O5S/c1-3-37-29(35)20-11-9-19(10-12-20)17-25-27(34)32(22-7-5-4-6-8-22)28(38-25)24(18-30)26(33)31-21-13-15-23(36-2)16-14-21/h4-16,25H,3,17H2,1-2H3,(H,31,33)/b28-24-/t25-/m0/s1. The zero-order valence-electron chi connectivity index (χ0n) is 20.8. The molecule has 1 aliphatic heterocycles. The van der Waals surface area contributed by atoms with Crippen molar-refractivity contribution >= 4 is 40.9 Å². The molecule has 1 saturated heterocycles. The summed E-state index contributed by atoms with van der Waals surface area (Å²) >= 11 is 1.17. The SMILES string of the molecule is CCOC(=O)c1ccc(C[C@@H]2S/C(=C(/C#N)C(=O)Nc3ccc(OC)cc3)N(c3ccccc3)C2=O)cc1. The molecule has 0 spiro atoms. The third kappa shape index (κ3) is 5.88. The Morgan fingerprint density at radius 1 is 1.03 bits per heavy atom. The van der Waals surface area contributed by atoms with E-state index in [4.69, 9.17) is 9.47 Å². The molecular formula is C29H25N3O5S. The Bertz CT molecular complexity index is 1400. The van der Waals surface area contributed by atoms with Crippen LogP contribution >= 0.6 is 11.8 Å². The van der Waals surface area contributed by atoms with Gasteiger partial charge in [-0.2, -0.15) is 5.26 Å². The number of methoxy groups -OCH3 is 1. The topological polar surface area (TPSA) is 109 Å². The largest absolute Gasteiger partial charge is 0.497 e. The summed E-state index contributed by atoms with van der Waals surface area (Å²) in [4.78, 5) is 40.2. The lowest BCUT2D eigenvalue weighted by atomic mass is 10.1. The van der Waals surface area contributed by atoms with Crippen LogP contribution in [0.25, 0.3) is 0 Å². The van der Waals surface area contributed by atoms with E-state index in [-0.39, 0.29) is 23.1 Å². The van der Waals surface area contributed by atoms with E-state index in [1.807, 2.05) is 12.1 Å². The Labute approximate surface area is 224 Å². The van der Waals surface area contributed by atoms with E-state index in [0.29, 0.717) is 29.1 Å². The average Bonchev–Trinajstić information content (AvgIpc) is 3.25. The lowest BCUT2D eigenvalue weighted by molar-refractivity contribution is -0.117. The van der Waals surface area contributed by atoms with Crippen LogP contribution in [0.15, 0.2) is 89.5 Å². The molecule has 192 valence electrons. The summed E-state index contributed by atoms with van der Waals surface area (Å²) in [5.74, 6) is -0.636. The van der Waals surface area contributed by atoms with E-state index >= 15 is 0 Å². The minimum atomic E-state index is -0.617. The van der Waals surface area contributed by atoms with Crippen molar-refractivity contribution in [3.63, 3.8) is 0 Å². The third-order valence-corrected chi connectivity index (χ3v) is 7.02. The van der Waals surface area contributed by atoms with Gasteiger partial charge in [-0.05, 0) is 67.4 Å². The minimum Gasteiger partial charge on any atom is -0.497 e. The second-order valence-electron chi connectivity index (χ2n) is 8.21. The Morgan fingerprint density at radius 3 is 2.32 bits per heavy atom. The zero-order valence-corrected chi connectivity index (χ0v) is 21.7. The van der Waals surface area contributed by atoms with Crippen molar-refractivity contribution in [3.05, 3.63) is 101 Å². The van der Waals surface area contributed by atoms with E-state index < -0.39 is 17.1 Å². The highest BCUT2D eigenvalue weighted by atomic mass is 32.2. The predicted octanol–water partition coefficient (Wildman–Crippen LogP) is 4.94. The lowest BCUT2D eigenvalue weighted by Crippen LogP contribution is -2.30. The summed E-state index contributed by atoms with van der Waals surface area (Å²) in [7, 11) is 1.55. The zero-order chi connectivity index (χ0) is 27.1. The number of esters is 1. The number of ether oxygens (including phenoxy) is 2. The number of anilines is 2. The number of rotatable bonds is 8. The number of nitrogens with zero attached hydrogens (tertiary/aromatic N) is 2. The van der Waals surface area contributed by atoms with Crippen LogP contribution in [-0.2, 0) is 20.7 Å². The molecular weight excluding hydrogens is 502 g/mol. The van der Waals surface area contributed by atoms with Gasteiger partial charge in [-0.25, -0.2) is 4.79 Å². The number of hydrogen-bond donors (Lipinski definition) is 1. The van der Waals surface area contributed by atoms with E-state index in [9.17, 15) is 19.6 Å². The fraction of sp³-hybridized carbons (Fsp3) is 0.172. The number of benzene rings is 3. The first kappa shape index (κ1) is 26.5. The maximum atomic E-state index is 13.6. The Kier molecular flexibility index (Phi) is 8.46. The Balaban J connectivity index is 1.63. The van der Waals surface area contributed by atoms with E-state index in [0.717, 1.165) is 5.56 Å².